The fraction of sp³-hybridized carbons (Fsp3) is 0.371. The lowest BCUT2D eigenvalue weighted by Crippen LogP contribution is -2.55. The third-order valence-electron chi connectivity index (χ3n) is 8.13. The Hall–Kier alpha value is -4.37. The van der Waals surface area contributed by atoms with Gasteiger partial charge in [0, 0.05) is 30.6 Å². The number of ether oxygens (including phenoxy) is 1. The van der Waals surface area contributed by atoms with Gasteiger partial charge in [0.1, 0.15) is 11.6 Å². The van der Waals surface area contributed by atoms with Crippen molar-refractivity contribution in [3.63, 3.8) is 0 Å². The summed E-state index contributed by atoms with van der Waals surface area (Å²) in [5, 5.41) is 10.2. The minimum absolute atomic E-state index is 0.188. The van der Waals surface area contributed by atoms with Crippen LogP contribution < -0.4 is 4.90 Å². The van der Waals surface area contributed by atoms with Crippen LogP contribution >= 0.6 is 11.6 Å². The molecule has 0 aromatic heterocycles. The molecule has 236 valence electrons. The summed E-state index contributed by atoms with van der Waals surface area (Å²) in [4.78, 5) is 58.2. The molecule has 0 saturated heterocycles. The Morgan fingerprint density at radius 1 is 0.933 bits per heavy atom. The van der Waals surface area contributed by atoms with E-state index < -0.39 is 29.7 Å². The molecule has 3 aromatic rings. The van der Waals surface area contributed by atoms with Crippen LogP contribution in [0.25, 0.3) is 0 Å². The van der Waals surface area contributed by atoms with Crippen molar-refractivity contribution >= 4 is 41.2 Å². The Labute approximate surface area is 268 Å². The summed E-state index contributed by atoms with van der Waals surface area (Å²) in [5.41, 5.74) is 3.50. The van der Waals surface area contributed by atoms with Gasteiger partial charge in [-0.15, -0.1) is 0 Å². The molecule has 0 radical (unpaired) electrons. The van der Waals surface area contributed by atoms with E-state index in [1.807, 2.05) is 54.6 Å². The number of carbonyl (C=O) groups excluding carboxylic acids is 3. The number of benzene rings is 3. The first-order valence-corrected chi connectivity index (χ1v) is 15.5. The van der Waals surface area contributed by atoms with Gasteiger partial charge in [0.15, 0.2) is 0 Å². The number of anilines is 1. The van der Waals surface area contributed by atoms with E-state index in [0.717, 1.165) is 22.3 Å². The number of hydrogen-bond donors (Lipinski definition) is 1. The van der Waals surface area contributed by atoms with Crippen molar-refractivity contribution in [1.29, 1.82) is 0 Å². The molecule has 0 unspecified atom stereocenters. The predicted octanol–water partition coefficient (Wildman–Crippen LogP) is 5.51. The van der Waals surface area contributed by atoms with Gasteiger partial charge < -0.3 is 19.6 Å². The molecular formula is C35H38ClN3O6. The predicted molar refractivity (Wildman–Crippen MR) is 171 cm³/mol. The monoisotopic (exact) mass is 631 g/mol. The molecule has 3 aromatic carbocycles. The zero-order chi connectivity index (χ0) is 32.3. The van der Waals surface area contributed by atoms with Crippen LogP contribution in [0.5, 0.6) is 0 Å². The Morgan fingerprint density at radius 2 is 1.62 bits per heavy atom. The van der Waals surface area contributed by atoms with Crippen LogP contribution in [-0.2, 0) is 44.9 Å². The summed E-state index contributed by atoms with van der Waals surface area (Å²) in [6.45, 7) is 5.47. The maximum atomic E-state index is 14.4. The van der Waals surface area contributed by atoms with Gasteiger partial charge in [0.05, 0.1) is 18.7 Å². The third-order valence-corrected chi connectivity index (χ3v) is 8.37. The lowest BCUT2D eigenvalue weighted by molar-refractivity contribution is -0.145. The first-order chi connectivity index (χ1) is 21.4. The molecule has 45 heavy (non-hydrogen) atoms. The van der Waals surface area contributed by atoms with Crippen molar-refractivity contribution in [1.82, 2.24) is 9.80 Å². The second-order valence-corrected chi connectivity index (χ2v) is 13.0. The van der Waals surface area contributed by atoms with Crippen LogP contribution in [-0.4, -0.2) is 69.6 Å². The highest BCUT2D eigenvalue weighted by atomic mass is 35.5. The maximum Gasteiger partial charge on any atom is 0.415 e. The van der Waals surface area contributed by atoms with E-state index in [1.165, 1.54) is 9.80 Å². The smallest absolute Gasteiger partial charge is 0.415 e. The van der Waals surface area contributed by atoms with Crippen LogP contribution in [0.1, 0.15) is 49.4 Å². The van der Waals surface area contributed by atoms with Crippen LogP contribution in [0.2, 0.25) is 5.02 Å². The second kappa shape index (κ2) is 13.3. The Balaban J connectivity index is 1.44. The molecule has 10 heteroatoms. The van der Waals surface area contributed by atoms with Crippen molar-refractivity contribution in [2.24, 2.45) is 0 Å². The normalized spacial score (nSPS) is 17.3. The number of carboxylic acid groups (broad SMARTS) is 1. The highest BCUT2D eigenvalue weighted by Gasteiger charge is 2.43. The molecule has 5 rings (SSSR count). The van der Waals surface area contributed by atoms with E-state index in [9.17, 15) is 24.3 Å². The highest BCUT2D eigenvalue weighted by molar-refractivity contribution is 6.30. The van der Waals surface area contributed by atoms with Gasteiger partial charge in [-0.05, 0) is 74.1 Å². The second-order valence-electron chi connectivity index (χ2n) is 12.6. The van der Waals surface area contributed by atoms with Crippen LogP contribution in [0.3, 0.4) is 0 Å². The molecule has 0 aliphatic carbocycles. The molecule has 0 spiro atoms. The van der Waals surface area contributed by atoms with Gasteiger partial charge in [-0.3, -0.25) is 19.3 Å². The minimum atomic E-state index is -0.997. The standard InChI is InChI=1S/C35H38ClN3O6/c1-35(2,3)45-34(44)39-29-14-7-6-11-25(29)19-30(39)33(43)37(16-15-23-9-8-13-27(36)17-23)22-31(40)38-21-26-12-5-4-10-24(26)18-28(38)20-32(41)42/h4-14,17,28,30H,15-16,18-22H2,1-3H3,(H,41,42)/t28-,30-/m1/s1. The number of rotatable bonds is 8. The zero-order valence-corrected chi connectivity index (χ0v) is 26.5. The SMILES string of the molecule is CC(C)(C)OC(=O)N1c2ccccc2C[C@@H]1C(=O)N(CCc1cccc(Cl)c1)CC(=O)N1Cc2ccccc2C[C@@H]1CC(=O)O. The molecule has 3 amide bonds. The van der Waals surface area contributed by atoms with Crippen LogP contribution in [0, 0.1) is 0 Å². The Morgan fingerprint density at radius 3 is 2.31 bits per heavy atom. The van der Waals surface area contributed by atoms with Gasteiger partial charge in [0.25, 0.3) is 0 Å². The van der Waals surface area contributed by atoms with Gasteiger partial charge >= 0.3 is 12.1 Å². The van der Waals surface area contributed by atoms with Crippen molar-refractivity contribution in [2.75, 3.05) is 18.0 Å². The van der Waals surface area contributed by atoms with Gasteiger partial charge in [0.2, 0.25) is 11.8 Å². The number of para-hydroxylation sites is 1. The lowest BCUT2D eigenvalue weighted by atomic mass is 9.92. The number of hydrogen-bond acceptors (Lipinski definition) is 5. The summed E-state index contributed by atoms with van der Waals surface area (Å²) in [5.74, 6) is -1.74. The summed E-state index contributed by atoms with van der Waals surface area (Å²) < 4.78 is 5.71. The number of carbonyl (C=O) groups is 4. The Bertz CT molecular complexity index is 1600. The number of nitrogens with zero attached hydrogens (tertiary/aromatic N) is 3. The van der Waals surface area contributed by atoms with Crippen molar-refractivity contribution in [2.45, 2.75) is 70.7 Å². The quantitative estimate of drug-likeness (QED) is 0.352. The fourth-order valence-corrected chi connectivity index (χ4v) is 6.29. The molecule has 1 N–H and O–H groups in total. The maximum absolute atomic E-state index is 14.4. The van der Waals surface area contributed by atoms with E-state index >= 15 is 0 Å². The molecule has 2 heterocycles. The van der Waals surface area contributed by atoms with E-state index in [2.05, 4.69) is 0 Å². The molecular weight excluding hydrogens is 594 g/mol. The molecule has 2 atom stereocenters. The highest BCUT2D eigenvalue weighted by Crippen LogP contribution is 2.34. The molecule has 2 aliphatic heterocycles. The molecule has 0 fully saturated rings. The Kier molecular flexibility index (Phi) is 9.48. The van der Waals surface area contributed by atoms with E-state index in [4.69, 9.17) is 16.3 Å². The molecule has 2 aliphatic rings. The largest absolute Gasteiger partial charge is 0.481 e. The van der Waals surface area contributed by atoms with Crippen molar-refractivity contribution in [3.8, 4) is 0 Å². The van der Waals surface area contributed by atoms with E-state index in [0.29, 0.717) is 23.6 Å². The zero-order valence-electron chi connectivity index (χ0n) is 25.7. The number of amides is 3. The van der Waals surface area contributed by atoms with E-state index in [1.54, 1.807) is 43.9 Å². The number of halogens is 1. The molecule has 0 bridgehead atoms. The van der Waals surface area contributed by atoms with Crippen molar-refractivity contribution < 1.29 is 29.0 Å². The minimum Gasteiger partial charge on any atom is -0.481 e. The van der Waals surface area contributed by atoms with Gasteiger partial charge in [-0.2, -0.15) is 0 Å². The summed E-state index contributed by atoms with van der Waals surface area (Å²) >= 11 is 6.22. The average molecular weight is 632 g/mol. The summed E-state index contributed by atoms with van der Waals surface area (Å²) in [6.07, 6.45) is 0.263. The number of aliphatic carboxylic acids is 1. The topological polar surface area (TPSA) is 107 Å². The number of carboxylic acids is 1. The average Bonchev–Trinajstić information content (AvgIpc) is 3.37. The van der Waals surface area contributed by atoms with E-state index in [-0.39, 0.29) is 44.3 Å². The molecule has 9 nitrogen and oxygen atoms in total. The first-order valence-electron chi connectivity index (χ1n) is 15.1. The lowest BCUT2D eigenvalue weighted by Gasteiger charge is -2.38. The third kappa shape index (κ3) is 7.65. The molecule has 0 saturated carbocycles. The van der Waals surface area contributed by atoms with Gasteiger partial charge in [-0.25, -0.2) is 4.79 Å². The van der Waals surface area contributed by atoms with Gasteiger partial charge in [-0.1, -0.05) is 66.2 Å². The number of fused-ring (bicyclic) bond motifs is 2. The van der Waals surface area contributed by atoms with Crippen molar-refractivity contribution in [3.05, 3.63) is 100 Å². The fourth-order valence-electron chi connectivity index (χ4n) is 6.07. The first kappa shape index (κ1) is 32.0. The van der Waals surface area contributed by atoms with Crippen LogP contribution in [0.15, 0.2) is 72.8 Å². The van der Waals surface area contributed by atoms with Crippen LogP contribution in [0.4, 0.5) is 10.5 Å². The summed E-state index contributed by atoms with van der Waals surface area (Å²) in [7, 11) is 0. The summed E-state index contributed by atoms with van der Waals surface area (Å²) in [6, 6.07) is 20.9.